The van der Waals surface area contributed by atoms with Crippen LogP contribution in [-0.4, -0.2) is 50.2 Å². The molecule has 0 unspecified atom stereocenters. The van der Waals surface area contributed by atoms with Gasteiger partial charge in [-0.3, -0.25) is 14.9 Å². The largest absolute Gasteiger partial charge is 0.378 e. The Kier molecular flexibility index (Phi) is 6.13. The molecule has 0 spiro atoms. The Bertz CT molecular complexity index is 904. The molecule has 8 nitrogen and oxygen atoms in total. The minimum absolute atomic E-state index is 0.0648. The predicted octanol–water partition coefficient (Wildman–Crippen LogP) is 3.67. The van der Waals surface area contributed by atoms with Crippen molar-refractivity contribution in [2.75, 3.05) is 54.5 Å². The summed E-state index contributed by atoms with van der Waals surface area (Å²) in [4.78, 5) is 28.1. The zero-order chi connectivity index (χ0) is 20.9. The van der Waals surface area contributed by atoms with Crippen LogP contribution in [0.3, 0.4) is 0 Å². The minimum Gasteiger partial charge on any atom is -0.378 e. The number of hydrogen-bond donors (Lipinski definition) is 1. The molecule has 0 bridgehead atoms. The summed E-state index contributed by atoms with van der Waals surface area (Å²) in [6.45, 7) is 4.38. The van der Waals surface area contributed by atoms with Crippen molar-refractivity contribution in [3.05, 3.63) is 58.1 Å². The van der Waals surface area contributed by atoms with Crippen LogP contribution in [-0.2, 0) is 4.74 Å². The lowest BCUT2D eigenvalue weighted by Crippen LogP contribution is -2.36. The lowest BCUT2D eigenvalue weighted by molar-refractivity contribution is -0.384. The van der Waals surface area contributed by atoms with Gasteiger partial charge >= 0.3 is 0 Å². The molecule has 0 atom stereocenters. The van der Waals surface area contributed by atoms with Crippen molar-refractivity contribution >= 4 is 28.7 Å². The van der Waals surface area contributed by atoms with E-state index in [1.807, 2.05) is 29.2 Å². The number of nitro groups is 1. The minimum atomic E-state index is -0.436. The van der Waals surface area contributed by atoms with E-state index in [1.54, 1.807) is 12.1 Å². The SMILES string of the molecule is O=C(Nc1ccc(N2CCCCC2)cc1)c1ccc(N2CCOCC2)c([N+](=O)[O-])c1. The summed E-state index contributed by atoms with van der Waals surface area (Å²) in [6.07, 6.45) is 3.69. The molecule has 2 heterocycles. The number of benzene rings is 2. The Morgan fingerprint density at radius 2 is 1.63 bits per heavy atom. The average molecular weight is 410 g/mol. The molecule has 2 aromatic rings. The third-order valence-corrected chi connectivity index (χ3v) is 5.63. The highest BCUT2D eigenvalue weighted by molar-refractivity contribution is 6.05. The first-order valence-corrected chi connectivity index (χ1v) is 10.4. The first kappa shape index (κ1) is 20.2. The van der Waals surface area contributed by atoms with E-state index in [2.05, 4.69) is 10.2 Å². The molecule has 4 rings (SSSR count). The lowest BCUT2D eigenvalue weighted by atomic mass is 10.1. The molecule has 0 aliphatic carbocycles. The van der Waals surface area contributed by atoms with Crippen LogP contribution in [0.2, 0.25) is 0 Å². The maximum absolute atomic E-state index is 12.7. The summed E-state index contributed by atoms with van der Waals surface area (Å²) in [6, 6.07) is 12.4. The van der Waals surface area contributed by atoms with Crippen molar-refractivity contribution in [2.24, 2.45) is 0 Å². The molecular formula is C22H26N4O4. The van der Waals surface area contributed by atoms with Crippen LogP contribution in [0.1, 0.15) is 29.6 Å². The number of nitro benzene ring substituents is 1. The molecule has 30 heavy (non-hydrogen) atoms. The maximum atomic E-state index is 12.7. The van der Waals surface area contributed by atoms with Crippen LogP contribution in [0.4, 0.5) is 22.7 Å². The molecule has 1 N–H and O–H groups in total. The number of nitrogens with one attached hydrogen (secondary N) is 1. The van der Waals surface area contributed by atoms with E-state index in [9.17, 15) is 14.9 Å². The fourth-order valence-corrected chi connectivity index (χ4v) is 3.99. The number of anilines is 3. The van der Waals surface area contributed by atoms with Crippen LogP contribution in [0.25, 0.3) is 0 Å². The molecule has 2 aromatic carbocycles. The molecule has 1 amide bonds. The van der Waals surface area contributed by atoms with Gasteiger partial charge in [-0.25, -0.2) is 0 Å². The van der Waals surface area contributed by atoms with E-state index in [-0.39, 0.29) is 17.2 Å². The quantitative estimate of drug-likeness (QED) is 0.598. The van der Waals surface area contributed by atoms with E-state index in [0.29, 0.717) is 37.7 Å². The Morgan fingerprint density at radius 1 is 0.933 bits per heavy atom. The third-order valence-electron chi connectivity index (χ3n) is 5.63. The van der Waals surface area contributed by atoms with E-state index in [0.717, 1.165) is 18.8 Å². The highest BCUT2D eigenvalue weighted by atomic mass is 16.6. The second-order valence-corrected chi connectivity index (χ2v) is 7.61. The molecule has 8 heteroatoms. The van der Waals surface area contributed by atoms with Gasteiger partial charge in [0.05, 0.1) is 18.1 Å². The highest BCUT2D eigenvalue weighted by Crippen LogP contribution is 2.30. The summed E-state index contributed by atoms with van der Waals surface area (Å²) in [7, 11) is 0. The molecular weight excluding hydrogens is 384 g/mol. The second-order valence-electron chi connectivity index (χ2n) is 7.61. The molecule has 2 saturated heterocycles. The molecule has 0 saturated carbocycles. The molecule has 2 fully saturated rings. The van der Waals surface area contributed by atoms with E-state index in [1.165, 1.54) is 25.3 Å². The average Bonchev–Trinajstić information content (AvgIpc) is 2.80. The van der Waals surface area contributed by atoms with Crippen molar-refractivity contribution in [3.63, 3.8) is 0 Å². The topological polar surface area (TPSA) is 88.0 Å². The summed E-state index contributed by atoms with van der Waals surface area (Å²) in [5.41, 5.74) is 2.54. The second kappa shape index (κ2) is 9.13. The fraction of sp³-hybridized carbons (Fsp3) is 0.409. The molecule has 2 aliphatic heterocycles. The predicted molar refractivity (Wildman–Crippen MR) is 117 cm³/mol. The first-order chi connectivity index (χ1) is 14.6. The number of rotatable bonds is 5. The van der Waals surface area contributed by atoms with E-state index in [4.69, 9.17) is 4.74 Å². The van der Waals surface area contributed by atoms with Crippen molar-refractivity contribution in [3.8, 4) is 0 Å². The number of carbonyl (C=O) groups is 1. The number of piperidine rings is 1. The van der Waals surface area contributed by atoms with Crippen molar-refractivity contribution in [2.45, 2.75) is 19.3 Å². The smallest absolute Gasteiger partial charge is 0.293 e. The molecule has 158 valence electrons. The van der Waals surface area contributed by atoms with Gasteiger partial charge in [0.1, 0.15) is 5.69 Å². The van der Waals surface area contributed by atoms with Crippen molar-refractivity contribution in [1.29, 1.82) is 0 Å². The number of hydrogen-bond acceptors (Lipinski definition) is 6. The molecule has 0 aromatic heterocycles. The van der Waals surface area contributed by atoms with E-state index < -0.39 is 4.92 Å². The van der Waals surface area contributed by atoms with Gasteiger partial charge in [-0.1, -0.05) is 0 Å². The lowest BCUT2D eigenvalue weighted by Gasteiger charge is -2.29. The van der Waals surface area contributed by atoms with Crippen LogP contribution < -0.4 is 15.1 Å². The van der Waals surface area contributed by atoms with E-state index >= 15 is 0 Å². The Labute approximate surface area is 175 Å². The van der Waals surface area contributed by atoms with Gasteiger partial charge in [-0.05, 0) is 55.7 Å². The third kappa shape index (κ3) is 4.54. The normalized spacial score (nSPS) is 16.9. The number of amides is 1. The summed E-state index contributed by atoms with van der Waals surface area (Å²) < 4.78 is 5.32. The zero-order valence-corrected chi connectivity index (χ0v) is 16.9. The van der Waals surface area contributed by atoms with Crippen LogP contribution in [0, 0.1) is 10.1 Å². The molecule has 2 aliphatic rings. The Morgan fingerprint density at radius 3 is 2.30 bits per heavy atom. The van der Waals surface area contributed by atoms with Gasteiger partial charge in [0.25, 0.3) is 11.6 Å². The highest BCUT2D eigenvalue weighted by Gasteiger charge is 2.23. The van der Waals surface area contributed by atoms with Crippen LogP contribution in [0.15, 0.2) is 42.5 Å². The Balaban J connectivity index is 1.47. The summed E-state index contributed by atoms with van der Waals surface area (Å²) >= 11 is 0. The van der Waals surface area contributed by atoms with Gasteiger partial charge in [0.15, 0.2) is 0 Å². The monoisotopic (exact) mass is 410 g/mol. The first-order valence-electron chi connectivity index (χ1n) is 10.4. The van der Waals surface area contributed by atoms with Gasteiger partial charge in [0, 0.05) is 49.2 Å². The van der Waals surface area contributed by atoms with Crippen LogP contribution in [0.5, 0.6) is 0 Å². The van der Waals surface area contributed by atoms with Crippen molar-refractivity contribution in [1.82, 2.24) is 0 Å². The summed E-state index contributed by atoms with van der Waals surface area (Å²) in [5.74, 6) is -0.364. The van der Waals surface area contributed by atoms with Crippen molar-refractivity contribution < 1.29 is 14.5 Å². The maximum Gasteiger partial charge on any atom is 0.293 e. The number of ether oxygens (including phenoxy) is 1. The Hall–Kier alpha value is -3.13. The van der Waals surface area contributed by atoms with Gasteiger partial charge in [-0.15, -0.1) is 0 Å². The van der Waals surface area contributed by atoms with Gasteiger partial charge in [0.2, 0.25) is 0 Å². The zero-order valence-electron chi connectivity index (χ0n) is 16.9. The number of nitrogens with zero attached hydrogens (tertiary/aromatic N) is 3. The number of morpholine rings is 1. The molecule has 0 radical (unpaired) electrons. The standard InChI is InChI=1S/C22H26N4O4/c27-22(23-18-5-7-19(8-6-18)24-10-2-1-3-11-24)17-4-9-20(21(16-17)26(28)29)25-12-14-30-15-13-25/h4-9,16H,1-3,10-15H2,(H,23,27). The summed E-state index contributed by atoms with van der Waals surface area (Å²) in [5, 5.41) is 14.4. The number of carbonyl (C=O) groups excluding carboxylic acids is 1. The van der Waals surface area contributed by atoms with Gasteiger partial charge < -0.3 is 19.9 Å². The van der Waals surface area contributed by atoms with Crippen LogP contribution >= 0.6 is 0 Å². The fourth-order valence-electron chi connectivity index (χ4n) is 3.99. The van der Waals surface area contributed by atoms with Gasteiger partial charge in [-0.2, -0.15) is 0 Å².